The number of aryl methyl sites for hydroxylation is 1. The Morgan fingerprint density at radius 3 is 2.41 bits per heavy atom. The van der Waals surface area contributed by atoms with Gasteiger partial charge in [0.15, 0.2) is 5.69 Å². The monoisotopic (exact) mass is 302 g/mol. The van der Waals surface area contributed by atoms with Gasteiger partial charge in [0.1, 0.15) is 6.54 Å². The average Bonchev–Trinajstić information content (AvgIpc) is 2.96. The highest BCUT2D eigenvalue weighted by Gasteiger charge is 2.13. The molecule has 1 heterocycles. The van der Waals surface area contributed by atoms with E-state index in [4.69, 9.17) is 5.11 Å². The van der Waals surface area contributed by atoms with Crippen LogP contribution in [0.3, 0.4) is 0 Å². The Labute approximate surface area is 128 Å². The molecule has 0 fully saturated rings. The third-order valence-corrected chi connectivity index (χ3v) is 3.33. The molecule has 22 heavy (non-hydrogen) atoms. The molecule has 7 heteroatoms. The van der Waals surface area contributed by atoms with Crippen LogP contribution in [0.5, 0.6) is 0 Å². The minimum Gasteiger partial charge on any atom is -0.476 e. The number of likely N-dealkylation sites (N-methyl/N-ethyl adjacent to an activating group) is 1. The summed E-state index contributed by atoms with van der Waals surface area (Å²) in [6.45, 7) is 2.54. The zero-order valence-electron chi connectivity index (χ0n) is 12.6. The molecular weight excluding hydrogens is 284 g/mol. The molecule has 0 radical (unpaired) electrons. The standard InChI is InChI=1S/C15H18N4O3/c1-3-11-4-6-12(7-5-11)8-18(2)14(20)10-19-9-13(15(21)22)16-17-19/h4-7,9H,3,8,10H2,1-2H3,(H,21,22). The highest BCUT2D eigenvalue weighted by atomic mass is 16.4. The fraction of sp³-hybridized carbons (Fsp3) is 0.333. The van der Waals surface area contributed by atoms with E-state index in [-0.39, 0.29) is 18.1 Å². The molecule has 1 amide bonds. The fourth-order valence-electron chi connectivity index (χ4n) is 1.98. The lowest BCUT2D eigenvalue weighted by Gasteiger charge is -2.17. The van der Waals surface area contributed by atoms with Gasteiger partial charge in [0.2, 0.25) is 5.91 Å². The van der Waals surface area contributed by atoms with Gasteiger partial charge in [-0.05, 0) is 17.5 Å². The molecular formula is C15H18N4O3. The van der Waals surface area contributed by atoms with Crippen LogP contribution in [0.4, 0.5) is 0 Å². The molecule has 7 nitrogen and oxygen atoms in total. The normalized spacial score (nSPS) is 10.5. The van der Waals surface area contributed by atoms with Crippen molar-refractivity contribution in [2.75, 3.05) is 7.05 Å². The van der Waals surface area contributed by atoms with Gasteiger partial charge < -0.3 is 10.0 Å². The van der Waals surface area contributed by atoms with Crippen LogP contribution in [-0.4, -0.2) is 43.9 Å². The maximum atomic E-state index is 12.1. The average molecular weight is 302 g/mol. The van der Waals surface area contributed by atoms with E-state index in [2.05, 4.69) is 17.2 Å². The van der Waals surface area contributed by atoms with E-state index in [0.717, 1.165) is 12.0 Å². The first-order valence-corrected chi connectivity index (χ1v) is 6.94. The maximum absolute atomic E-state index is 12.1. The Morgan fingerprint density at radius 2 is 1.86 bits per heavy atom. The van der Waals surface area contributed by atoms with Gasteiger partial charge in [-0.15, -0.1) is 5.10 Å². The molecule has 0 saturated carbocycles. The minimum atomic E-state index is -1.16. The van der Waals surface area contributed by atoms with Crippen molar-refractivity contribution in [1.29, 1.82) is 0 Å². The van der Waals surface area contributed by atoms with Crippen molar-refractivity contribution in [3.8, 4) is 0 Å². The topological polar surface area (TPSA) is 88.3 Å². The van der Waals surface area contributed by atoms with E-state index < -0.39 is 5.97 Å². The van der Waals surface area contributed by atoms with Crippen molar-refractivity contribution in [2.45, 2.75) is 26.4 Å². The van der Waals surface area contributed by atoms with E-state index in [1.54, 1.807) is 11.9 Å². The Hall–Kier alpha value is -2.70. The number of benzene rings is 1. The molecule has 116 valence electrons. The number of carboxylic acid groups (broad SMARTS) is 1. The van der Waals surface area contributed by atoms with Crippen LogP contribution in [0, 0.1) is 0 Å². The summed E-state index contributed by atoms with van der Waals surface area (Å²) in [5.74, 6) is -1.33. The van der Waals surface area contributed by atoms with Crippen LogP contribution in [-0.2, 0) is 24.3 Å². The summed E-state index contributed by atoms with van der Waals surface area (Å²) >= 11 is 0. The second-order valence-electron chi connectivity index (χ2n) is 5.03. The van der Waals surface area contributed by atoms with Gasteiger partial charge in [-0.3, -0.25) is 4.79 Å². The van der Waals surface area contributed by atoms with Crippen LogP contribution in [0.1, 0.15) is 28.5 Å². The molecule has 0 atom stereocenters. The molecule has 0 aliphatic rings. The predicted octanol–water partition coefficient (Wildman–Crippen LogP) is 1.20. The van der Waals surface area contributed by atoms with E-state index in [0.29, 0.717) is 6.54 Å². The highest BCUT2D eigenvalue weighted by molar-refractivity contribution is 5.84. The number of hydrogen-bond donors (Lipinski definition) is 1. The third kappa shape index (κ3) is 3.91. The van der Waals surface area contributed by atoms with Gasteiger partial charge in [-0.2, -0.15) is 0 Å². The van der Waals surface area contributed by atoms with Gasteiger partial charge in [-0.1, -0.05) is 36.4 Å². The van der Waals surface area contributed by atoms with Crippen molar-refractivity contribution >= 4 is 11.9 Å². The summed E-state index contributed by atoms with van der Waals surface area (Å²) in [6.07, 6.45) is 2.22. The van der Waals surface area contributed by atoms with E-state index in [1.807, 2.05) is 24.3 Å². The highest BCUT2D eigenvalue weighted by Crippen LogP contribution is 2.08. The second kappa shape index (κ2) is 6.84. The van der Waals surface area contributed by atoms with Crippen LogP contribution in [0.2, 0.25) is 0 Å². The van der Waals surface area contributed by atoms with E-state index in [1.165, 1.54) is 16.4 Å². The molecule has 0 unspecified atom stereocenters. The number of carbonyl (C=O) groups is 2. The lowest BCUT2D eigenvalue weighted by molar-refractivity contribution is -0.131. The molecule has 0 bridgehead atoms. The summed E-state index contributed by atoms with van der Waals surface area (Å²) in [5.41, 5.74) is 2.12. The van der Waals surface area contributed by atoms with Crippen molar-refractivity contribution in [2.24, 2.45) is 0 Å². The number of aromatic nitrogens is 3. The molecule has 1 N–H and O–H groups in total. The Balaban J connectivity index is 1.94. The number of aromatic carboxylic acids is 1. The Bertz CT molecular complexity index is 664. The minimum absolute atomic E-state index is 0.0379. The maximum Gasteiger partial charge on any atom is 0.358 e. The van der Waals surface area contributed by atoms with Gasteiger partial charge in [0.25, 0.3) is 0 Å². The van der Waals surface area contributed by atoms with Gasteiger partial charge in [-0.25, -0.2) is 9.48 Å². The summed E-state index contributed by atoms with van der Waals surface area (Å²) in [7, 11) is 1.70. The quantitative estimate of drug-likeness (QED) is 0.866. The zero-order chi connectivity index (χ0) is 16.1. The van der Waals surface area contributed by atoms with E-state index in [9.17, 15) is 9.59 Å². The van der Waals surface area contributed by atoms with Crippen molar-refractivity contribution in [3.63, 3.8) is 0 Å². The van der Waals surface area contributed by atoms with Crippen LogP contribution >= 0.6 is 0 Å². The SMILES string of the molecule is CCc1ccc(CN(C)C(=O)Cn2cc(C(=O)O)nn2)cc1. The molecule has 1 aromatic carbocycles. The smallest absolute Gasteiger partial charge is 0.358 e. The lowest BCUT2D eigenvalue weighted by Crippen LogP contribution is -2.30. The number of rotatable bonds is 6. The molecule has 2 aromatic rings. The Kier molecular flexibility index (Phi) is 4.88. The van der Waals surface area contributed by atoms with Crippen LogP contribution in [0.25, 0.3) is 0 Å². The third-order valence-electron chi connectivity index (χ3n) is 3.33. The summed E-state index contributed by atoms with van der Waals surface area (Å²) < 4.78 is 1.22. The number of hydrogen-bond acceptors (Lipinski definition) is 4. The lowest BCUT2D eigenvalue weighted by atomic mass is 10.1. The van der Waals surface area contributed by atoms with Crippen molar-refractivity contribution in [1.82, 2.24) is 19.9 Å². The first-order valence-electron chi connectivity index (χ1n) is 6.94. The fourth-order valence-corrected chi connectivity index (χ4v) is 1.98. The molecule has 0 aliphatic carbocycles. The predicted molar refractivity (Wildman–Crippen MR) is 79.3 cm³/mol. The van der Waals surface area contributed by atoms with Crippen LogP contribution in [0.15, 0.2) is 30.5 Å². The summed E-state index contributed by atoms with van der Waals surface area (Å²) in [4.78, 5) is 24.4. The molecule has 0 aliphatic heterocycles. The van der Waals surface area contributed by atoms with Crippen LogP contribution < -0.4 is 0 Å². The molecule has 2 rings (SSSR count). The van der Waals surface area contributed by atoms with E-state index >= 15 is 0 Å². The number of nitrogens with zero attached hydrogens (tertiary/aromatic N) is 4. The van der Waals surface area contributed by atoms with Gasteiger partial charge >= 0.3 is 5.97 Å². The Morgan fingerprint density at radius 1 is 1.23 bits per heavy atom. The zero-order valence-corrected chi connectivity index (χ0v) is 12.6. The van der Waals surface area contributed by atoms with Gasteiger partial charge in [0, 0.05) is 13.6 Å². The second-order valence-corrected chi connectivity index (χ2v) is 5.03. The molecule has 0 spiro atoms. The van der Waals surface area contributed by atoms with Gasteiger partial charge in [0.05, 0.1) is 6.20 Å². The largest absolute Gasteiger partial charge is 0.476 e. The first-order chi connectivity index (χ1) is 10.5. The van der Waals surface area contributed by atoms with Crippen molar-refractivity contribution < 1.29 is 14.7 Å². The number of amides is 1. The molecule has 1 aromatic heterocycles. The molecule has 0 saturated heterocycles. The van der Waals surface area contributed by atoms with Crippen molar-refractivity contribution in [3.05, 3.63) is 47.3 Å². The summed E-state index contributed by atoms with van der Waals surface area (Å²) in [5, 5.41) is 15.9. The number of carboxylic acids is 1. The first kappa shape index (κ1) is 15.7. The number of carbonyl (C=O) groups excluding carboxylic acids is 1. The summed E-state index contributed by atoms with van der Waals surface area (Å²) in [6, 6.07) is 8.09.